The number of benzene rings is 2. The van der Waals surface area contributed by atoms with Crippen LogP contribution < -0.4 is 9.47 Å². The maximum absolute atomic E-state index is 14.3. The topological polar surface area (TPSA) is 123 Å². The van der Waals surface area contributed by atoms with Crippen LogP contribution in [0.3, 0.4) is 0 Å². The van der Waals surface area contributed by atoms with Gasteiger partial charge in [-0.1, -0.05) is 6.07 Å². The number of aromatic nitrogens is 3. The average molecular weight is 574 g/mol. The van der Waals surface area contributed by atoms with Crippen LogP contribution in [0, 0.1) is 17.1 Å². The van der Waals surface area contributed by atoms with Gasteiger partial charge in [0.2, 0.25) is 5.88 Å². The molecule has 6 rings (SSSR count). The number of halogens is 1. The number of pyridine rings is 1. The Balaban J connectivity index is 1.09. The Morgan fingerprint density at radius 2 is 2.00 bits per heavy atom. The van der Waals surface area contributed by atoms with Gasteiger partial charge in [0.15, 0.2) is 11.6 Å². The van der Waals surface area contributed by atoms with Crippen molar-refractivity contribution in [1.82, 2.24) is 19.4 Å². The van der Waals surface area contributed by atoms with E-state index in [2.05, 4.69) is 14.5 Å². The third-order valence-electron chi connectivity index (χ3n) is 7.49. The van der Waals surface area contributed by atoms with E-state index < -0.39 is 18.3 Å². The van der Waals surface area contributed by atoms with Gasteiger partial charge in [-0.15, -0.1) is 0 Å². The number of likely N-dealkylation sites (tertiary alicyclic amines) is 1. The summed E-state index contributed by atoms with van der Waals surface area (Å²) in [6.07, 6.45) is 2.32. The van der Waals surface area contributed by atoms with Gasteiger partial charge in [0.25, 0.3) is 0 Å². The maximum atomic E-state index is 14.3. The molecular weight excluding hydrogens is 541 g/mol. The van der Waals surface area contributed by atoms with Crippen LogP contribution in [0.25, 0.3) is 11.0 Å². The molecule has 1 atom stereocenters. The number of rotatable bonds is 10. The van der Waals surface area contributed by atoms with E-state index in [1.807, 2.05) is 6.07 Å². The summed E-state index contributed by atoms with van der Waals surface area (Å²) < 4.78 is 50.1. The SMILES string of the molecule is [2H]C([2H])(Oc1ccc(C#N)cc1F)c1cccc(OC2CCN(Cc3nc4ccc(C(=O)O)cc4n3C[C@@H]3CCO3)CC2)n1. The zero-order chi connectivity index (χ0) is 30.8. The first-order chi connectivity index (χ1) is 21.2. The number of carbonyl (C=O) groups is 1. The molecule has 4 aromatic rings. The van der Waals surface area contributed by atoms with Crippen molar-refractivity contribution < 1.29 is 31.2 Å². The molecule has 2 saturated heterocycles. The van der Waals surface area contributed by atoms with Crippen LogP contribution in [0.5, 0.6) is 11.6 Å². The van der Waals surface area contributed by atoms with Gasteiger partial charge in [0.1, 0.15) is 18.5 Å². The van der Waals surface area contributed by atoms with E-state index in [1.54, 1.807) is 30.3 Å². The number of nitriles is 1. The van der Waals surface area contributed by atoms with Crippen molar-refractivity contribution in [3.05, 3.63) is 83.1 Å². The van der Waals surface area contributed by atoms with Crippen molar-refractivity contribution in [3.63, 3.8) is 0 Å². The highest BCUT2D eigenvalue weighted by Gasteiger charge is 2.26. The molecule has 11 heteroatoms. The van der Waals surface area contributed by atoms with Crippen LogP contribution in [0.4, 0.5) is 4.39 Å². The Morgan fingerprint density at radius 3 is 2.71 bits per heavy atom. The summed E-state index contributed by atoms with van der Waals surface area (Å²) in [5, 5.41) is 18.4. The van der Waals surface area contributed by atoms with Crippen molar-refractivity contribution in [2.24, 2.45) is 0 Å². The molecular formula is C31H30FN5O5. The van der Waals surface area contributed by atoms with E-state index in [-0.39, 0.29) is 40.7 Å². The minimum absolute atomic E-state index is 0.0726. The molecule has 0 unspecified atom stereocenters. The fourth-order valence-electron chi connectivity index (χ4n) is 5.12. The van der Waals surface area contributed by atoms with Gasteiger partial charge in [-0.25, -0.2) is 19.2 Å². The summed E-state index contributed by atoms with van der Waals surface area (Å²) in [5.41, 5.74) is 1.78. The number of hydrogen-bond acceptors (Lipinski definition) is 8. The number of ether oxygens (including phenoxy) is 3. The molecule has 10 nitrogen and oxygen atoms in total. The molecule has 0 amide bonds. The van der Waals surface area contributed by atoms with Gasteiger partial charge in [-0.3, -0.25) is 4.90 Å². The second-order valence-electron chi connectivity index (χ2n) is 10.3. The van der Waals surface area contributed by atoms with E-state index in [9.17, 15) is 14.3 Å². The molecule has 2 aliphatic rings. The van der Waals surface area contributed by atoms with Crippen LogP contribution in [-0.2, 0) is 24.4 Å². The Bertz CT molecular complexity index is 1730. The number of piperidine rings is 1. The Hall–Kier alpha value is -4.53. The maximum Gasteiger partial charge on any atom is 0.335 e. The van der Waals surface area contributed by atoms with Crippen LogP contribution >= 0.6 is 0 Å². The summed E-state index contributed by atoms with van der Waals surface area (Å²) >= 11 is 0. The zero-order valence-corrected chi connectivity index (χ0v) is 22.7. The van der Waals surface area contributed by atoms with Crippen LogP contribution in [0.1, 0.15) is 49.4 Å². The highest BCUT2D eigenvalue weighted by molar-refractivity contribution is 5.92. The van der Waals surface area contributed by atoms with Crippen molar-refractivity contribution in [2.75, 3.05) is 19.7 Å². The lowest BCUT2D eigenvalue weighted by atomic mass is 10.1. The molecule has 0 spiro atoms. The van der Waals surface area contributed by atoms with Crippen LogP contribution in [0.2, 0.25) is 0 Å². The van der Waals surface area contributed by atoms with Crippen molar-refractivity contribution in [3.8, 4) is 17.7 Å². The molecule has 1 N–H and O–H groups in total. The standard InChI is InChI=1S/C31H30FN5O5/c32-25-14-20(16-33)4-7-28(25)41-19-22-2-1-3-30(34-22)42-23-8-11-36(12-9-23)18-29-35-26-6-5-21(31(38)39)15-27(26)37(29)17-24-10-13-40-24/h1-7,14-15,23-24H,8-13,17-19H2,(H,38,39)/t24-/m0/s1/i19D2. The van der Waals surface area contributed by atoms with E-state index >= 15 is 0 Å². The lowest BCUT2D eigenvalue weighted by Gasteiger charge is -2.32. The van der Waals surface area contributed by atoms with E-state index in [1.165, 1.54) is 18.2 Å². The molecule has 4 heterocycles. The van der Waals surface area contributed by atoms with E-state index in [0.717, 1.165) is 49.0 Å². The molecule has 42 heavy (non-hydrogen) atoms. The highest BCUT2D eigenvalue weighted by Crippen LogP contribution is 2.25. The molecule has 2 aromatic heterocycles. The zero-order valence-electron chi connectivity index (χ0n) is 24.7. The summed E-state index contributed by atoms with van der Waals surface area (Å²) in [4.78, 5) is 23.0. The predicted octanol–water partition coefficient (Wildman–Crippen LogP) is 4.55. The molecule has 0 saturated carbocycles. The third-order valence-corrected chi connectivity index (χ3v) is 7.49. The number of carboxylic acids is 1. The van der Waals surface area contributed by atoms with Gasteiger partial charge >= 0.3 is 5.97 Å². The number of imidazole rings is 1. The van der Waals surface area contributed by atoms with Crippen LogP contribution in [0.15, 0.2) is 54.6 Å². The van der Waals surface area contributed by atoms with Crippen molar-refractivity contribution in [1.29, 1.82) is 5.26 Å². The average Bonchev–Trinajstić information content (AvgIpc) is 3.32. The summed E-state index contributed by atoms with van der Waals surface area (Å²) in [5.74, 6) is -1.06. The normalized spacial score (nSPS) is 18.5. The van der Waals surface area contributed by atoms with Gasteiger partial charge in [-0.2, -0.15) is 5.26 Å². The Kier molecular flexibility index (Phi) is 7.29. The van der Waals surface area contributed by atoms with E-state index in [0.29, 0.717) is 25.9 Å². The van der Waals surface area contributed by atoms with E-state index in [4.69, 9.17) is 27.2 Å². The summed E-state index contributed by atoms with van der Waals surface area (Å²) in [6, 6.07) is 15.0. The van der Waals surface area contributed by atoms with Gasteiger partial charge in [0, 0.05) is 25.8 Å². The van der Waals surface area contributed by atoms with Gasteiger partial charge < -0.3 is 23.9 Å². The minimum atomic E-state index is -2.45. The summed E-state index contributed by atoms with van der Waals surface area (Å²) in [6.45, 7) is 0.954. The molecule has 2 aliphatic heterocycles. The first-order valence-corrected chi connectivity index (χ1v) is 13.8. The lowest BCUT2D eigenvalue weighted by Crippen LogP contribution is -2.39. The fourth-order valence-corrected chi connectivity index (χ4v) is 5.12. The van der Waals surface area contributed by atoms with Gasteiger partial charge in [0.05, 0.1) is 55.9 Å². The monoisotopic (exact) mass is 573 g/mol. The predicted molar refractivity (Wildman–Crippen MR) is 150 cm³/mol. The number of carboxylic acid groups (broad SMARTS) is 1. The highest BCUT2D eigenvalue weighted by atomic mass is 19.1. The molecule has 2 aromatic carbocycles. The third kappa shape index (κ3) is 6.20. The Morgan fingerprint density at radius 1 is 1.17 bits per heavy atom. The fraction of sp³-hybridized carbons (Fsp3) is 0.355. The number of aromatic carboxylic acids is 1. The minimum Gasteiger partial charge on any atom is -0.484 e. The first kappa shape index (κ1) is 25.2. The largest absolute Gasteiger partial charge is 0.484 e. The van der Waals surface area contributed by atoms with Crippen molar-refractivity contribution in [2.45, 2.75) is 51.1 Å². The van der Waals surface area contributed by atoms with Crippen LogP contribution in [-0.4, -0.2) is 62.4 Å². The van der Waals surface area contributed by atoms with Crippen molar-refractivity contribution >= 4 is 17.0 Å². The summed E-state index contributed by atoms with van der Waals surface area (Å²) in [7, 11) is 0. The lowest BCUT2D eigenvalue weighted by molar-refractivity contribution is -0.0592. The Labute approximate surface area is 244 Å². The number of nitrogens with zero attached hydrogens (tertiary/aromatic N) is 5. The molecule has 216 valence electrons. The number of hydrogen-bond donors (Lipinski definition) is 1. The number of fused-ring (bicyclic) bond motifs is 1. The molecule has 0 bridgehead atoms. The molecule has 0 aliphatic carbocycles. The van der Waals surface area contributed by atoms with Gasteiger partial charge in [-0.05, 0) is 61.7 Å². The second-order valence-corrected chi connectivity index (χ2v) is 10.3. The second kappa shape index (κ2) is 12.1. The first-order valence-electron chi connectivity index (χ1n) is 14.8. The molecule has 0 radical (unpaired) electrons. The quantitative estimate of drug-likeness (QED) is 0.291. The smallest absolute Gasteiger partial charge is 0.335 e. The molecule has 2 fully saturated rings.